The molecule has 4 nitrogen and oxygen atoms in total. The SMILES string of the molecule is Cc1oc2ccc(O[C@H]3C[C@@H](C(F)(F)F)C3)cc2c1C(=O)O. The van der Waals surface area contributed by atoms with Crippen LogP contribution in [-0.4, -0.2) is 23.4 Å². The van der Waals surface area contributed by atoms with E-state index in [1.54, 1.807) is 19.1 Å². The topological polar surface area (TPSA) is 59.7 Å². The van der Waals surface area contributed by atoms with Crippen LogP contribution in [0.3, 0.4) is 0 Å². The normalized spacial score (nSPS) is 21.6. The number of rotatable bonds is 3. The smallest absolute Gasteiger partial charge is 0.392 e. The minimum absolute atomic E-state index is 0.0437. The number of furan rings is 1. The van der Waals surface area contributed by atoms with Crippen LogP contribution in [0, 0.1) is 12.8 Å². The first kappa shape index (κ1) is 14.7. The Hall–Kier alpha value is -2.18. The first-order chi connectivity index (χ1) is 10.3. The molecule has 0 bridgehead atoms. The third-order valence-electron chi connectivity index (χ3n) is 3.91. The molecule has 1 fully saturated rings. The summed E-state index contributed by atoms with van der Waals surface area (Å²) in [5.41, 5.74) is 0.450. The summed E-state index contributed by atoms with van der Waals surface area (Å²) in [5.74, 6) is -1.80. The van der Waals surface area contributed by atoms with Gasteiger partial charge in [0.05, 0.1) is 12.0 Å². The van der Waals surface area contributed by atoms with E-state index in [-0.39, 0.29) is 24.2 Å². The minimum Gasteiger partial charge on any atom is -0.490 e. The average molecular weight is 314 g/mol. The van der Waals surface area contributed by atoms with E-state index in [2.05, 4.69) is 0 Å². The number of alkyl halides is 3. The van der Waals surface area contributed by atoms with Gasteiger partial charge in [0, 0.05) is 5.39 Å². The van der Waals surface area contributed by atoms with Gasteiger partial charge in [-0.05, 0) is 38.0 Å². The number of aryl methyl sites for hydroxylation is 1. The molecule has 1 aliphatic carbocycles. The lowest BCUT2D eigenvalue weighted by atomic mass is 9.82. The number of benzene rings is 1. The molecule has 0 unspecified atom stereocenters. The first-order valence-electron chi connectivity index (χ1n) is 6.75. The molecule has 0 spiro atoms. The Morgan fingerprint density at radius 3 is 2.64 bits per heavy atom. The van der Waals surface area contributed by atoms with Crippen LogP contribution in [0.15, 0.2) is 22.6 Å². The number of ether oxygens (including phenoxy) is 1. The molecule has 0 saturated heterocycles. The van der Waals surface area contributed by atoms with Gasteiger partial charge in [0.15, 0.2) is 0 Å². The van der Waals surface area contributed by atoms with E-state index >= 15 is 0 Å². The molecule has 1 N–H and O–H groups in total. The molecule has 1 aromatic carbocycles. The maximum absolute atomic E-state index is 12.4. The van der Waals surface area contributed by atoms with Crippen LogP contribution in [0.5, 0.6) is 5.75 Å². The molecule has 1 heterocycles. The lowest BCUT2D eigenvalue weighted by molar-refractivity contribution is -0.210. The fourth-order valence-corrected chi connectivity index (χ4v) is 2.66. The number of hydrogen-bond donors (Lipinski definition) is 1. The van der Waals surface area contributed by atoms with Crippen LogP contribution in [0.2, 0.25) is 0 Å². The lowest BCUT2D eigenvalue weighted by Crippen LogP contribution is -2.41. The maximum Gasteiger partial charge on any atom is 0.392 e. The molecule has 1 aromatic heterocycles. The zero-order chi connectivity index (χ0) is 16.1. The van der Waals surface area contributed by atoms with Crippen molar-refractivity contribution in [2.45, 2.75) is 32.0 Å². The van der Waals surface area contributed by atoms with E-state index in [9.17, 15) is 23.1 Å². The molecule has 0 radical (unpaired) electrons. The largest absolute Gasteiger partial charge is 0.490 e. The third-order valence-corrected chi connectivity index (χ3v) is 3.91. The van der Waals surface area contributed by atoms with E-state index in [0.717, 1.165) is 0 Å². The molecule has 1 aliphatic rings. The maximum atomic E-state index is 12.4. The Bertz CT molecular complexity index is 726. The van der Waals surface area contributed by atoms with Gasteiger partial charge in [0.25, 0.3) is 0 Å². The number of halogens is 3. The predicted octanol–water partition coefficient (Wildman–Crippen LogP) is 4.16. The fraction of sp³-hybridized carbons (Fsp3) is 0.400. The van der Waals surface area contributed by atoms with Gasteiger partial charge in [0.2, 0.25) is 0 Å². The molecule has 1 saturated carbocycles. The van der Waals surface area contributed by atoms with Crippen LogP contribution in [0.4, 0.5) is 13.2 Å². The summed E-state index contributed by atoms with van der Waals surface area (Å²) in [6.45, 7) is 1.55. The van der Waals surface area contributed by atoms with Crippen molar-refractivity contribution in [2.24, 2.45) is 5.92 Å². The van der Waals surface area contributed by atoms with Gasteiger partial charge >= 0.3 is 12.1 Å². The van der Waals surface area contributed by atoms with Crippen LogP contribution in [0.1, 0.15) is 29.0 Å². The van der Waals surface area contributed by atoms with Gasteiger partial charge in [-0.3, -0.25) is 0 Å². The molecule has 0 atom stereocenters. The van der Waals surface area contributed by atoms with Crippen molar-refractivity contribution in [3.05, 3.63) is 29.5 Å². The molecule has 0 aliphatic heterocycles. The van der Waals surface area contributed by atoms with Crippen LogP contribution in [0.25, 0.3) is 11.0 Å². The van der Waals surface area contributed by atoms with Crippen LogP contribution in [-0.2, 0) is 0 Å². The molecule has 118 valence electrons. The highest BCUT2D eigenvalue weighted by atomic mass is 19.4. The number of fused-ring (bicyclic) bond motifs is 1. The molecule has 0 amide bonds. The van der Waals surface area contributed by atoms with Gasteiger partial charge in [-0.15, -0.1) is 0 Å². The second kappa shape index (κ2) is 4.93. The van der Waals surface area contributed by atoms with Crippen molar-refractivity contribution < 1.29 is 32.2 Å². The van der Waals surface area contributed by atoms with Gasteiger partial charge in [0.1, 0.15) is 22.7 Å². The van der Waals surface area contributed by atoms with Crippen molar-refractivity contribution in [1.82, 2.24) is 0 Å². The summed E-state index contributed by atoms with van der Waals surface area (Å²) in [6.07, 6.45) is -4.82. The molecular weight excluding hydrogens is 301 g/mol. The number of carboxylic acid groups (broad SMARTS) is 1. The van der Waals surface area contributed by atoms with E-state index < -0.39 is 24.2 Å². The summed E-state index contributed by atoms with van der Waals surface area (Å²) in [6, 6.07) is 4.62. The van der Waals surface area contributed by atoms with Crippen molar-refractivity contribution in [1.29, 1.82) is 0 Å². The summed E-state index contributed by atoms with van der Waals surface area (Å²) in [5, 5.41) is 9.56. The van der Waals surface area contributed by atoms with Gasteiger partial charge in [-0.2, -0.15) is 13.2 Å². The van der Waals surface area contributed by atoms with Crippen LogP contribution >= 0.6 is 0 Å². The van der Waals surface area contributed by atoms with Crippen LogP contribution < -0.4 is 4.74 Å². The lowest BCUT2D eigenvalue weighted by Gasteiger charge is -2.36. The van der Waals surface area contributed by atoms with E-state index in [4.69, 9.17) is 9.15 Å². The second-order valence-corrected chi connectivity index (χ2v) is 5.45. The Balaban J connectivity index is 1.79. The number of carbonyl (C=O) groups is 1. The monoisotopic (exact) mass is 314 g/mol. The summed E-state index contributed by atoms with van der Waals surface area (Å²) < 4.78 is 48.1. The molecule has 7 heteroatoms. The van der Waals surface area contributed by atoms with E-state index in [1.165, 1.54) is 6.07 Å². The second-order valence-electron chi connectivity index (χ2n) is 5.45. The predicted molar refractivity (Wildman–Crippen MR) is 71.1 cm³/mol. The van der Waals surface area contributed by atoms with Crippen molar-refractivity contribution in [3.8, 4) is 5.75 Å². The minimum atomic E-state index is -4.18. The van der Waals surface area contributed by atoms with Gasteiger partial charge in [-0.25, -0.2) is 4.79 Å². The van der Waals surface area contributed by atoms with Gasteiger partial charge in [-0.1, -0.05) is 0 Å². The molecule has 3 rings (SSSR count). The van der Waals surface area contributed by atoms with Crippen molar-refractivity contribution >= 4 is 16.9 Å². The molecular formula is C15H13F3O4. The van der Waals surface area contributed by atoms with Crippen molar-refractivity contribution in [3.63, 3.8) is 0 Å². The zero-order valence-electron chi connectivity index (χ0n) is 11.6. The Morgan fingerprint density at radius 2 is 2.05 bits per heavy atom. The third kappa shape index (κ3) is 2.51. The highest BCUT2D eigenvalue weighted by Crippen LogP contribution is 2.43. The number of aromatic carboxylic acids is 1. The summed E-state index contributed by atoms with van der Waals surface area (Å²) >= 11 is 0. The summed E-state index contributed by atoms with van der Waals surface area (Å²) in [7, 11) is 0. The van der Waals surface area contributed by atoms with E-state index in [0.29, 0.717) is 16.7 Å². The first-order valence-corrected chi connectivity index (χ1v) is 6.75. The number of carboxylic acids is 1. The highest BCUT2D eigenvalue weighted by Gasteiger charge is 2.48. The standard InChI is InChI=1S/C15H13F3O4/c1-7-13(14(19)20)11-6-9(2-3-12(11)21-7)22-10-4-8(5-10)15(16,17)18/h2-3,6,8,10H,4-5H2,1H3,(H,19,20)/t8-,10+. The zero-order valence-corrected chi connectivity index (χ0v) is 11.6. The fourth-order valence-electron chi connectivity index (χ4n) is 2.66. The molecule has 2 aromatic rings. The Labute approximate surface area is 123 Å². The summed E-state index contributed by atoms with van der Waals surface area (Å²) in [4.78, 5) is 11.2. The Kier molecular flexibility index (Phi) is 3.30. The highest BCUT2D eigenvalue weighted by molar-refractivity contribution is 6.03. The van der Waals surface area contributed by atoms with E-state index in [1.807, 2.05) is 0 Å². The Morgan fingerprint density at radius 1 is 1.36 bits per heavy atom. The number of hydrogen-bond acceptors (Lipinski definition) is 3. The average Bonchev–Trinajstić information content (AvgIpc) is 2.66. The van der Waals surface area contributed by atoms with Gasteiger partial charge < -0.3 is 14.3 Å². The molecule has 22 heavy (non-hydrogen) atoms. The van der Waals surface area contributed by atoms with Crippen molar-refractivity contribution in [2.75, 3.05) is 0 Å². The quantitative estimate of drug-likeness (QED) is 0.924.